The van der Waals surface area contributed by atoms with E-state index in [0.717, 1.165) is 24.8 Å². The first-order valence-corrected chi connectivity index (χ1v) is 9.27. The fraction of sp³-hybridized carbons (Fsp3) is 0.400. The molecule has 1 aromatic carbocycles. The van der Waals surface area contributed by atoms with Gasteiger partial charge >= 0.3 is 0 Å². The van der Waals surface area contributed by atoms with Crippen molar-refractivity contribution in [2.75, 3.05) is 6.61 Å². The lowest BCUT2D eigenvalue weighted by atomic mass is 9.38. The number of ether oxygens (including phenoxy) is 1. The number of nitrogens with one attached hydrogen (secondary N) is 1. The highest BCUT2D eigenvalue weighted by Gasteiger charge is 2.68. The number of aromatic nitrogens is 2. The summed E-state index contributed by atoms with van der Waals surface area (Å²) >= 11 is 5.99. The number of benzene rings is 1. The zero-order chi connectivity index (χ0) is 19.1. The predicted molar refractivity (Wildman–Crippen MR) is 99.8 cm³/mol. The van der Waals surface area contributed by atoms with Crippen LogP contribution in [0.1, 0.15) is 41.6 Å². The lowest BCUT2D eigenvalue weighted by molar-refractivity contribution is -0.162. The number of rotatable bonds is 7. The van der Waals surface area contributed by atoms with Crippen LogP contribution in [-0.2, 0) is 4.79 Å². The van der Waals surface area contributed by atoms with Crippen LogP contribution in [0.4, 0.5) is 0 Å². The van der Waals surface area contributed by atoms with Gasteiger partial charge in [0.1, 0.15) is 12.4 Å². The van der Waals surface area contributed by atoms with E-state index in [2.05, 4.69) is 15.5 Å². The van der Waals surface area contributed by atoms with Crippen LogP contribution in [0, 0.1) is 12.3 Å². The molecule has 0 saturated heterocycles. The largest absolute Gasteiger partial charge is 0.486 e. The summed E-state index contributed by atoms with van der Waals surface area (Å²) in [4.78, 5) is 24.5. The van der Waals surface area contributed by atoms with Crippen molar-refractivity contribution >= 4 is 23.3 Å². The molecule has 1 aromatic heterocycles. The molecule has 3 aliphatic carbocycles. The Balaban J connectivity index is 1.24. The molecule has 2 bridgehead atoms. The van der Waals surface area contributed by atoms with Crippen molar-refractivity contribution in [1.29, 1.82) is 0 Å². The van der Waals surface area contributed by atoms with Crippen LogP contribution in [0.3, 0.4) is 0 Å². The topological polar surface area (TPSA) is 81.2 Å². The Morgan fingerprint density at radius 1 is 1.22 bits per heavy atom. The first kappa shape index (κ1) is 17.9. The molecule has 0 radical (unpaired) electrons. The molecule has 0 unspecified atom stereocenters. The van der Waals surface area contributed by atoms with Crippen LogP contribution in [0.15, 0.2) is 36.7 Å². The molecule has 1 N–H and O–H groups in total. The standard InChI is InChI=1S/C20H20ClN3O3/c1-13-6-16(2-3-17(13)21)27-9-15(25)7-19-10-20(11-19,12-19)24-18(26)14-4-5-22-23-8-14/h2-6,8H,7,9-12H2,1H3,(H,24,26). The van der Waals surface area contributed by atoms with Crippen molar-refractivity contribution in [2.45, 2.75) is 38.1 Å². The van der Waals surface area contributed by atoms with E-state index in [-0.39, 0.29) is 29.3 Å². The van der Waals surface area contributed by atoms with Gasteiger partial charge in [-0.1, -0.05) is 11.6 Å². The Morgan fingerprint density at radius 2 is 2.00 bits per heavy atom. The van der Waals surface area contributed by atoms with Gasteiger partial charge in [0, 0.05) is 17.0 Å². The molecule has 1 amide bonds. The fourth-order valence-corrected chi connectivity index (χ4v) is 4.51. The van der Waals surface area contributed by atoms with Gasteiger partial charge in [0.15, 0.2) is 5.78 Å². The normalized spacial score (nSPS) is 25.1. The fourth-order valence-electron chi connectivity index (χ4n) is 4.40. The van der Waals surface area contributed by atoms with Crippen molar-refractivity contribution in [1.82, 2.24) is 15.5 Å². The molecule has 140 valence electrons. The number of ketones is 1. The second-order valence-electron chi connectivity index (χ2n) is 7.81. The second-order valence-corrected chi connectivity index (χ2v) is 8.22. The Labute approximate surface area is 162 Å². The number of nitrogens with zero attached hydrogens (tertiary/aromatic N) is 2. The number of Topliss-reactive ketones (excluding diaryl/α,β-unsaturated/α-hetero) is 1. The minimum absolute atomic E-state index is 0.0279. The predicted octanol–water partition coefficient (Wildman–Crippen LogP) is 3.13. The molecule has 1 heterocycles. The van der Waals surface area contributed by atoms with Gasteiger partial charge < -0.3 is 10.1 Å². The summed E-state index contributed by atoms with van der Waals surface area (Å²) < 4.78 is 5.59. The van der Waals surface area contributed by atoms with Gasteiger partial charge in [-0.05, 0) is 61.4 Å². The van der Waals surface area contributed by atoms with Crippen molar-refractivity contribution in [3.05, 3.63) is 52.8 Å². The van der Waals surface area contributed by atoms with E-state index in [1.807, 2.05) is 13.0 Å². The Hall–Kier alpha value is -2.47. The Morgan fingerprint density at radius 3 is 2.67 bits per heavy atom. The van der Waals surface area contributed by atoms with Gasteiger partial charge in [-0.3, -0.25) is 9.59 Å². The maximum Gasteiger partial charge on any atom is 0.253 e. The van der Waals surface area contributed by atoms with Crippen LogP contribution < -0.4 is 10.1 Å². The number of halogens is 1. The highest BCUT2D eigenvalue weighted by atomic mass is 35.5. The molecular weight excluding hydrogens is 366 g/mol. The van der Waals surface area contributed by atoms with E-state index in [1.54, 1.807) is 18.2 Å². The summed E-state index contributed by atoms with van der Waals surface area (Å²) in [5, 5.41) is 11.2. The van der Waals surface area contributed by atoms with Crippen LogP contribution in [0.25, 0.3) is 0 Å². The van der Waals surface area contributed by atoms with Crippen LogP contribution in [0.2, 0.25) is 5.02 Å². The summed E-state index contributed by atoms with van der Waals surface area (Å²) in [5.41, 5.74) is 1.30. The number of carbonyl (C=O) groups excluding carboxylic acids is 2. The molecule has 6 nitrogen and oxygen atoms in total. The Kier molecular flexibility index (Phi) is 4.38. The average Bonchev–Trinajstić information content (AvgIpc) is 2.60. The molecule has 3 saturated carbocycles. The third kappa shape index (κ3) is 3.54. The van der Waals surface area contributed by atoms with E-state index < -0.39 is 0 Å². The van der Waals surface area contributed by atoms with Gasteiger partial charge in [-0.25, -0.2) is 0 Å². The summed E-state index contributed by atoms with van der Waals surface area (Å²) in [6, 6.07) is 7.00. The lowest BCUT2D eigenvalue weighted by Gasteiger charge is -2.70. The summed E-state index contributed by atoms with van der Waals surface area (Å²) in [6.45, 7) is 1.96. The molecular formula is C20H20ClN3O3. The second kappa shape index (κ2) is 6.60. The van der Waals surface area contributed by atoms with Gasteiger partial charge in [0.25, 0.3) is 5.91 Å². The molecule has 5 rings (SSSR count). The summed E-state index contributed by atoms with van der Waals surface area (Å²) in [7, 11) is 0. The molecule has 2 aromatic rings. The van der Waals surface area contributed by atoms with Crippen LogP contribution in [0.5, 0.6) is 5.75 Å². The lowest BCUT2D eigenvalue weighted by Crippen LogP contribution is -2.75. The maximum absolute atomic E-state index is 12.3. The average molecular weight is 386 g/mol. The van der Waals surface area contributed by atoms with Crippen molar-refractivity contribution in [3.8, 4) is 5.75 Å². The molecule has 3 aliphatic rings. The highest BCUT2D eigenvalue weighted by molar-refractivity contribution is 6.31. The van der Waals surface area contributed by atoms with E-state index in [4.69, 9.17) is 16.3 Å². The first-order valence-electron chi connectivity index (χ1n) is 8.89. The quantitative estimate of drug-likeness (QED) is 0.791. The molecule has 7 heteroatoms. The summed E-state index contributed by atoms with van der Waals surface area (Å²) in [5.74, 6) is 0.601. The minimum atomic E-state index is -0.158. The maximum atomic E-state index is 12.3. The molecule has 0 spiro atoms. The van der Waals surface area contributed by atoms with Gasteiger partial charge in [-0.15, -0.1) is 0 Å². The first-order chi connectivity index (χ1) is 12.9. The highest BCUT2D eigenvalue weighted by Crippen LogP contribution is 2.69. The number of carbonyl (C=O) groups is 2. The molecule has 3 fully saturated rings. The van der Waals surface area contributed by atoms with Gasteiger partial charge in [0.05, 0.1) is 18.0 Å². The zero-order valence-corrected chi connectivity index (χ0v) is 15.8. The third-order valence-corrected chi connectivity index (χ3v) is 5.89. The minimum Gasteiger partial charge on any atom is -0.486 e. The van der Waals surface area contributed by atoms with E-state index in [9.17, 15) is 9.59 Å². The van der Waals surface area contributed by atoms with Crippen molar-refractivity contribution in [3.63, 3.8) is 0 Å². The smallest absolute Gasteiger partial charge is 0.253 e. The summed E-state index contributed by atoms with van der Waals surface area (Å²) in [6.07, 6.45) is 5.98. The number of hydrogen-bond acceptors (Lipinski definition) is 5. The monoisotopic (exact) mass is 385 g/mol. The third-order valence-electron chi connectivity index (χ3n) is 5.47. The Bertz CT molecular complexity index is 881. The van der Waals surface area contributed by atoms with Gasteiger partial charge in [0.2, 0.25) is 0 Å². The number of hydrogen-bond donors (Lipinski definition) is 1. The van der Waals surface area contributed by atoms with E-state index in [0.29, 0.717) is 22.8 Å². The van der Waals surface area contributed by atoms with E-state index in [1.165, 1.54) is 12.4 Å². The zero-order valence-electron chi connectivity index (χ0n) is 15.0. The number of amides is 1. The number of aryl methyl sites for hydroxylation is 1. The van der Waals surface area contributed by atoms with Crippen LogP contribution in [-0.4, -0.2) is 34.0 Å². The van der Waals surface area contributed by atoms with E-state index >= 15 is 0 Å². The van der Waals surface area contributed by atoms with Crippen molar-refractivity contribution in [2.24, 2.45) is 5.41 Å². The SMILES string of the molecule is Cc1cc(OCC(=O)CC23CC(NC(=O)c4ccnnc4)(C2)C3)ccc1Cl. The van der Waals surface area contributed by atoms with Crippen LogP contribution >= 0.6 is 11.6 Å². The molecule has 27 heavy (non-hydrogen) atoms. The van der Waals surface area contributed by atoms with Gasteiger partial charge in [-0.2, -0.15) is 10.2 Å². The molecule has 0 atom stereocenters. The molecule has 0 aliphatic heterocycles. The van der Waals surface area contributed by atoms with Crippen molar-refractivity contribution < 1.29 is 14.3 Å².